The highest BCUT2D eigenvalue weighted by Gasteiger charge is 2.21. The summed E-state index contributed by atoms with van der Waals surface area (Å²) >= 11 is 0. The smallest absolute Gasteiger partial charge is 0.116 e. The van der Waals surface area contributed by atoms with E-state index in [9.17, 15) is 4.21 Å². The lowest BCUT2D eigenvalue weighted by atomic mass is 10.0. The molecule has 3 aromatic rings. The van der Waals surface area contributed by atoms with Crippen molar-refractivity contribution in [1.29, 1.82) is 0 Å². The predicted molar refractivity (Wildman–Crippen MR) is 85.3 cm³/mol. The van der Waals surface area contributed by atoms with E-state index in [4.69, 9.17) is 4.42 Å². The minimum atomic E-state index is -1.08. The van der Waals surface area contributed by atoms with Gasteiger partial charge in [0.25, 0.3) is 0 Å². The highest BCUT2D eigenvalue weighted by Crippen LogP contribution is 2.29. The molecule has 3 heteroatoms. The Hall–Kier alpha value is -2.13. The molecule has 0 aliphatic heterocycles. The molecule has 1 heterocycles. The molecule has 0 N–H and O–H groups in total. The lowest BCUT2D eigenvalue weighted by Crippen LogP contribution is -2.10. The summed E-state index contributed by atoms with van der Waals surface area (Å²) in [6, 6.07) is 23.7. The van der Waals surface area contributed by atoms with E-state index in [1.54, 1.807) is 6.26 Å². The average Bonchev–Trinajstić information content (AvgIpc) is 3.02. The maximum atomic E-state index is 12.9. The number of benzene rings is 2. The third-order valence-corrected chi connectivity index (χ3v) is 4.97. The second kappa shape index (κ2) is 6.55. The van der Waals surface area contributed by atoms with Crippen molar-refractivity contribution in [3.05, 3.63) is 95.9 Å². The zero-order chi connectivity index (χ0) is 14.5. The molecule has 0 aliphatic rings. The number of hydrogen-bond donors (Lipinski definition) is 0. The molecule has 0 spiro atoms. The fourth-order valence-corrected chi connectivity index (χ4v) is 3.90. The maximum Gasteiger partial charge on any atom is 0.116 e. The Kier molecular flexibility index (Phi) is 4.31. The van der Waals surface area contributed by atoms with Gasteiger partial charge in [-0.15, -0.1) is 0 Å². The Bertz CT molecular complexity index is 651. The van der Waals surface area contributed by atoms with Gasteiger partial charge in [0.2, 0.25) is 0 Å². The van der Waals surface area contributed by atoms with Gasteiger partial charge >= 0.3 is 0 Å². The fraction of sp³-hybridized carbons (Fsp3) is 0.111. The van der Waals surface area contributed by atoms with E-state index in [1.165, 1.54) is 0 Å². The Morgan fingerprint density at radius 3 is 1.86 bits per heavy atom. The van der Waals surface area contributed by atoms with Crippen molar-refractivity contribution in [2.75, 3.05) is 0 Å². The van der Waals surface area contributed by atoms with Gasteiger partial charge < -0.3 is 4.42 Å². The van der Waals surface area contributed by atoms with Crippen molar-refractivity contribution in [2.24, 2.45) is 0 Å². The summed E-state index contributed by atoms with van der Waals surface area (Å²) < 4.78 is 18.2. The molecule has 0 amide bonds. The minimum absolute atomic E-state index is 0.141. The van der Waals surface area contributed by atoms with Gasteiger partial charge in [0, 0.05) is 10.8 Å². The van der Waals surface area contributed by atoms with Crippen molar-refractivity contribution in [3.8, 4) is 0 Å². The monoisotopic (exact) mass is 296 g/mol. The van der Waals surface area contributed by atoms with E-state index in [0.29, 0.717) is 5.75 Å². The van der Waals surface area contributed by atoms with Gasteiger partial charge in [-0.25, -0.2) is 0 Å². The lowest BCUT2D eigenvalue weighted by molar-refractivity contribution is 0.527. The molecule has 0 bridgehead atoms. The van der Waals surface area contributed by atoms with Crippen LogP contribution in [0, 0.1) is 0 Å². The highest BCUT2D eigenvalue weighted by molar-refractivity contribution is 7.84. The van der Waals surface area contributed by atoms with Gasteiger partial charge in [0.15, 0.2) is 0 Å². The van der Waals surface area contributed by atoms with Crippen LogP contribution in [0.3, 0.4) is 0 Å². The fourth-order valence-electron chi connectivity index (χ4n) is 2.37. The first-order chi connectivity index (χ1) is 10.3. The van der Waals surface area contributed by atoms with Gasteiger partial charge in [-0.1, -0.05) is 60.7 Å². The van der Waals surface area contributed by atoms with E-state index in [0.717, 1.165) is 16.9 Å². The van der Waals surface area contributed by atoms with Crippen LogP contribution in [0.15, 0.2) is 83.5 Å². The second-order valence-electron chi connectivity index (χ2n) is 4.81. The second-order valence-corrected chi connectivity index (χ2v) is 6.33. The summed E-state index contributed by atoms with van der Waals surface area (Å²) in [7, 11) is -1.08. The van der Waals surface area contributed by atoms with Gasteiger partial charge in [0.05, 0.1) is 17.3 Å². The zero-order valence-corrected chi connectivity index (χ0v) is 12.3. The van der Waals surface area contributed by atoms with Gasteiger partial charge in [-0.2, -0.15) is 0 Å². The van der Waals surface area contributed by atoms with E-state index in [1.807, 2.05) is 72.8 Å². The number of furan rings is 1. The highest BCUT2D eigenvalue weighted by atomic mass is 32.2. The molecule has 0 radical (unpaired) electrons. The Labute approximate surface area is 126 Å². The first-order valence-corrected chi connectivity index (χ1v) is 8.22. The molecule has 2 aromatic carbocycles. The van der Waals surface area contributed by atoms with E-state index in [2.05, 4.69) is 0 Å². The topological polar surface area (TPSA) is 30.2 Å². The van der Waals surface area contributed by atoms with Crippen molar-refractivity contribution < 1.29 is 8.63 Å². The summed E-state index contributed by atoms with van der Waals surface area (Å²) in [5, 5.41) is -0.141. The Morgan fingerprint density at radius 1 is 0.810 bits per heavy atom. The van der Waals surface area contributed by atoms with Crippen molar-refractivity contribution >= 4 is 10.8 Å². The van der Waals surface area contributed by atoms with E-state index < -0.39 is 10.8 Å². The quantitative estimate of drug-likeness (QED) is 0.702. The summed E-state index contributed by atoms with van der Waals surface area (Å²) in [6.45, 7) is 0. The van der Waals surface area contributed by atoms with Gasteiger partial charge in [-0.05, 0) is 23.3 Å². The molecule has 0 aliphatic carbocycles. The standard InChI is InChI=1S/C18H16O2S/c19-21(14-17-12-7-13-20-17)18(15-8-3-1-4-9-15)16-10-5-2-6-11-16/h1-13,18H,14H2. The molecule has 3 rings (SSSR count). The van der Waals surface area contributed by atoms with Crippen LogP contribution in [0.2, 0.25) is 0 Å². The molecule has 1 unspecified atom stereocenters. The van der Waals surface area contributed by atoms with Crippen LogP contribution in [-0.2, 0) is 16.6 Å². The molecule has 0 saturated heterocycles. The van der Waals surface area contributed by atoms with Crippen LogP contribution >= 0.6 is 0 Å². The van der Waals surface area contributed by atoms with Crippen LogP contribution in [0.25, 0.3) is 0 Å². The largest absolute Gasteiger partial charge is 0.468 e. The average molecular weight is 296 g/mol. The summed E-state index contributed by atoms with van der Waals surface area (Å²) in [6.07, 6.45) is 1.62. The first-order valence-electron chi connectivity index (χ1n) is 6.84. The van der Waals surface area contributed by atoms with Crippen LogP contribution in [-0.4, -0.2) is 4.21 Å². The Balaban J connectivity index is 1.95. The Morgan fingerprint density at radius 2 is 1.38 bits per heavy atom. The number of hydrogen-bond acceptors (Lipinski definition) is 2. The summed E-state index contributed by atoms with van der Waals surface area (Å²) in [5.41, 5.74) is 2.13. The zero-order valence-electron chi connectivity index (χ0n) is 11.5. The van der Waals surface area contributed by atoms with Crippen LogP contribution in [0.1, 0.15) is 22.1 Å². The molecule has 106 valence electrons. The van der Waals surface area contributed by atoms with Crippen LogP contribution < -0.4 is 0 Å². The molecular weight excluding hydrogens is 280 g/mol. The van der Waals surface area contributed by atoms with Gasteiger partial charge in [0.1, 0.15) is 5.76 Å². The molecule has 2 nitrogen and oxygen atoms in total. The first kappa shape index (κ1) is 13.8. The van der Waals surface area contributed by atoms with Crippen LogP contribution in [0.4, 0.5) is 0 Å². The number of rotatable bonds is 5. The van der Waals surface area contributed by atoms with Crippen molar-refractivity contribution in [1.82, 2.24) is 0 Å². The summed E-state index contributed by atoms with van der Waals surface area (Å²) in [4.78, 5) is 0. The van der Waals surface area contributed by atoms with Gasteiger partial charge in [-0.3, -0.25) is 4.21 Å². The third kappa shape index (κ3) is 3.31. The van der Waals surface area contributed by atoms with Crippen molar-refractivity contribution in [3.63, 3.8) is 0 Å². The molecule has 0 saturated carbocycles. The third-order valence-electron chi connectivity index (χ3n) is 3.33. The minimum Gasteiger partial charge on any atom is -0.468 e. The summed E-state index contributed by atoms with van der Waals surface area (Å²) in [5.74, 6) is 1.17. The maximum absolute atomic E-state index is 12.9. The lowest BCUT2D eigenvalue weighted by Gasteiger charge is -2.17. The van der Waals surface area contributed by atoms with Crippen molar-refractivity contribution in [2.45, 2.75) is 11.0 Å². The molecule has 1 atom stereocenters. The predicted octanol–water partition coefficient (Wildman–Crippen LogP) is 4.32. The normalized spacial score (nSPS) is 12.4. The molecule has 1 aromatic heterocycles. The SMILES string of the molecule is O=S(Cc1ccco1)C(c1ccccc1)c1ccccc1. The van der Waals surface area contributed by atoms with Crippen LogP contribution in [0.5, 0.6) is 0 Å². The molecule has 21 heavy (non-hydrogen) atoms. The molecular formula is C18H16O2S. The van der Waals surface area contributed by atoms with E-state index in [-0.39, 0.29) is 5.25 Å². The molecule has 0 fully saturated rings. The van der Waals surface area contributed by atoms with E-state index >= 15 is 0 Å².